The third kappa shape index (κ3) is 3.45. The molecule has 0 amide bonds. The van der Waals surface area contributed by atoms with E-state index in [1.165, 1.54) is 24.6 Å². The summed E-state index contributed by atoms with van der Waals surface area (Å²) in [7, 11) is 0. The molecular weight excluding hydrogens is 358 g/mol. The molecule has 28 heavy (non-hydrogen) atoms. The van der Waals surface area contributed by atoms with Gasteiger partial charge in [0.05, 0.1) is 16.5 Å². The number of nitrogens with one attached hydrogen (secondary N) is 1. The van der Waals surface area contributed by atoms with E-state index in [9.17, 15) is 14.9 Å². The van der Waals surface area contributed by atoms with Gasteiger partial charge in [-0.1, -0.05) is 6.42 Å². The van der Waals surface area contributed by atoms with Crippen LogP contribution in [0.1, 0.15) is 38.1 Å². The van der Waals surface area contributed by atoms with Gasteiger partial charge in [-0.2, -0.15) is 0 Å². The highest BCUT2D eigenvalue weighted by molar-refractivity contribution is 5.93. The van der Waals surface area contributed by atoms with Gasteiger partial charge in [-0.05, 0) is 37.8 Å². The zero-order chi connectivity index (χ0) is 19.7. The van der Waals surface area contributed by atoms with Crippen molar-refractivity contribution in [1.29, 1.82) is 0 Å². The second kappa shape index (κ2) is 7.38. The van der Waals surface area contributed by atoms with E-state index in [-0.39, 0.29) is 17.3 Å². The molecular formula is C20H21N5O3. The van der Waals surface area contributed by atoms with E-state index in [4.69, 9.17) is 0 Å². The van der Waals surface area contributed by atoms with E-state index in [1.807, 2.05) is 6.92 Å². The molecule has 8 heteroatoms. The molecule has 0 bridgehead atoms. The average molecular weight is 379 g/mol. The molecule has 144 valence electrons. The van der Waals surface area contributed by atoms with Crippen molar-refractivity contribution in [3.05, 3.63) is 69.0 Å². The molecule has 1 saturated carbocycles. The highest BCUT2D eigenvalue weighted by atomic mass is 16.6. The van der Waals surface area contributed by atoms with Gasteiger partial charge in [0.2, 0.25) is 0 Å². The number of nitro benzene ring substituents is 1. The van der Waals surface area contributed by atoms with Crippen LogP contribution >= 0.6 is 0 Å². The molecule has 1 aromatic carbocycles. The van der Waals surface area contributed by atoms with Crippen molar-refractivity contribution >= 4 is 22.3 Å². The van der Waals surface area contributed by atoms with E-state index in [2.05, 4.69) is 15.3 Å². The lowest BCUT2D eigenvalue weighted by Gasteiger charge is -2.27. The lowest BCUT2D eigenvalue weighted by atomic mass is 9.85. The number of hydrogen-bond acceptors (Lipinski definition) is 6. The Bertz CT molecular complexity index is 1080. The van der Waals surface area contributed by atoms with Crippen LogP contribution in [-0.2, 0) is 6.54 Å². The largest absolute Gasteiger partial charge is 0.375 e. The van der Waals surface area contributed by atoms with Crippen LogP contribution in [0, 0.1) is 16.0 Å². The molecule has 1 fully saturated rings. The summed E-state index contributed by atoms with van der Waals surface area (Å²) < 4.78 is 1.73. The summed E-state index contributed by atoms with van der Waals surface area (Å²) in [5.74, 6) is 1.08. The summed E-state index contributed by atoms with van der Waals surface area (Å²) in [4.78, 5) is 32.2. The Morgan fingerprint density at radius 3 is 2.68 bits per heavy atom. The SMILES string of the molecule is CC(Nc1cc(=O)n(CC2CCC2)c2ccc([N+](=O)[O-])cc12)c1ncccn1. The van der Waals surface area contributed by atoms with Crippen molar-refractivity contribution in [2.45, 2.75) is 38.8 Å². The molecule has 1 N–H and O–H groups in total. The Labute approximate surface area is 161 Å². The monoisotopic (exact) mass is 379 g/mol. The molecule has 3 aromatic rings. The minimum absolute atomic E-state index is 0.00647. The molecule has 4 rings (SSSR count). The number of nitro groups is 1. The van der Waals surface area contributed by atoms with E-state index >= 15 is 0 Å². The van der Waals surface area contributed by atoms with Gasteiger partial charge in [0.1, 0.15) is 5.82 Å². The summed E-state index contributed by atoms with van der Waals surface area (Å²) in [6, 6.07) is 7.63. The smallest absolute Gasteiger partial charge is 0.270 e. The van der Waals surface area contributed by atoms with Gasteiger partial charge in [0.15, 0.2) is 0 Å². The quantitative estimate of drug-likeness (QED) is 0.518. The van der Waals surface area contributed by atoms with Crippen LogP contribution in [0.15, 0.2) is 47.5 Å². The summed E-state index contributed by atoms with van der Waals surface area (Å²) in [5.41, 5.74) is 1.13. The van der Waals surface area contributed by atoms with Crippen molar-refractivity contribution < 1.29 is 4.92 Å². The number of anilines is 1. The van der Waals surface area contributed by atoms with E-state index in [0.717, 1.165) is 12.8 Å². The molecule has 0 spiro atoms. The minimum Gasteiger partial charge on any atom is -0.375 e. The molecule has 2 aromatic heterocycles. The Morgan fingerprint density at radius 1 is 1.29 bits per heavy atom. The van der Waals surface area contributed by atoms with Crippen LogP contribution in [0.2, 0.25) is 0 Å². The third-order valence-corrected chi connectivity index (χ3v) is 5.32. The van der Waals surface area contributed by atoms with E-state index in [1.54, 1.807) is 29.1 Å². The highest BCUT2D eigenvalue weighted by Crippen LogP contribution is 2.32. The molecule has 8 nitrogen and oxygen atoms in total. The van der Waals surface area contributed by atoms with Crippen molar-refractivity contribution in [3.63, 3.8) is 0 Å². The minimum atomic E-state index is -0.422. The molecule has 1 aliphatic rings. The van der Waals surface area contributed by atoms with Gasteiger partial charge in [0.25, 0.3) is 11.2 Å². The Balaban J connectivity index is 1.80. The summed E-state index contributed by atoms with van der Waals surface area (Å²) in [6.45, 7) is 2.53. The van der Waals surface area contributed by atoms with Crippen LogP contribution in [0.4, 0.5) is 11.4 Å². The second-order valence-electron chi connectivity index (χ2n) is 7.24. The zero-order valence-corrected chi connectivity index (χ0v) is 15.5. The van der Waals surface area contributed by atoms with Crippen molar-refractivity contribution in [2.75, 3.05) is 5.32 Å². The maximum atomic E-state index is 12.8. The number of nitrogens with zero attached hydrogens (tertiary/aromatic N) is 4. The fourth-order valence-electron chi connectivity index (χ4n) is 3.56. The average Bonchev–Trinajstić information content (AvgIpc) is 2.66. The lowest BCUT2D eigenvalue weighted by Crippen LogP contribution is -2.27. The summed E-state index contributed by atoms with van der Waals surface area (Å²) in [6.07, 6.45) is 6.73. The predicted molar refractivity (Wildman–Crippen MR) is 106 cm³/mol. The van der Waals surface area contributed by atoms with Gasteiger partial charge in [0, 0.05) is 48.2 Å². The molecule has 0 aliphatic heterocycles. The van der Waals surface area contributed by atoms with Gasteiger partial charge in [-0.3, -0.25) is 14.9 Å². The summed E-state index contributed by atoms with van der Waals surface area (Å²) >= 11 is 0. The Kier molecular flexibility index (Phi) is 4.77. The van der Waals surface area contributed by atoms with Gasteiger partial charge in [-0.25, -0.2) is 9.97 Å². The van der Waals surface area contributed by atoms with Crippen molar-refractivity contribution in [3.8, 4) is 0 Å². The zero-order valence-electron chi connectivity index (χ0n) is 15.5. The fourth-order valence-corrected chi connectivity index (χ4v) is 3.56. The Hall–Kier alpha value is -3.29. The molecule has 1 atom stereocenters. The second-order valence-corrected chi connectivity index (χ2v) is 7.24. The number of aromatic nitrogens is 3. The first-order valence-electron chi connectivity index (χ1n) is 9.38. The highest BCUT2D eigenvalue weighted by Gasteiger charge is 2.21. The number of benzene rings is 1. The van der Waals surface area contributed by atoms with Crippen LogP contribution in [0.5, 0.6) is 0 Å². The van der Waals surface area contributed by atoms with E-state index in [0.29, 0.717) is 34.9 Å². The number of rotatable bonds is 6. The van der Waals surface area contributed by atoms with Crippen LogP contribution in [0.3, 0.4) is 0 Å². The maximum absolute atomic E-state index is 12.8. The standard InChI is InChI=1S/C20H21N5O3/c1-13(20-21-8-3-9-22-20)23-17-11-19(26)24(12-14-4-2-5-14)18-7-6-15(25(27)28)10-16(17)18/h3,6-11,13-14,23H,2,4-5,12H2,1H3. The normalized spacial score (nSPS) is 15.2. The summed E-state index contributed by atoms with van der Waals surface area (Å²) in [5, 5.41) is 15.2. The first-order valence-corrected chi connectivity index (χ1v) is 9.38. The molecule has 0 radical (unpaired) electrons. The van der Waals surface area contributed by atoms with E-state index < -0.39 is 4.92 Å². The van der Waals surface area contributed by atoms with Gasteiger partial charge < -0.3 is 9.88 Å². The number of hydrogen-bond donors (Lipinski definition) is 1. The Morgan fingerprint density at radius 2 is 2.04 bits per heavy atom. The first-order chi connectivity index (χ1) is 13.5. The number of non-ortho nitro benzene ring substituents is 1. The first kappa shape index (κ1) is 18.1. The molecule has 1 unspecified atom stereocenters. The van der Waals surface area contributed by atoms with Crippen molar-refractivity contribution in [1.82, 2.24) is 14.5 Å². The number of fused-ring (bicyclic) bond motifs is 1. The van der Waals surface area contributed by atoms with Gasteiger partial charge >= 0.3 is 0 Å². The molecule has 2 heterocycles. The van der Waals surface area contributed by atoms with Gasteiger partial charge in [-0.15, -0.1) is 0 Å². The van der Waals surface area contributed by atoms with Crippen LogP contribution in [-0.4, -0.2) is 19.5 Å². The topological polar surface area (TPSA) is 103 Å². The maximum Gasteiger partial charge on any atom is 0.270 e. The number of pyridine rings is 1. The van der Waals surface area contributed by atoms with Crippen LogP contribution in [0.25, 0.3) is 10.9 Å². The lowest BCUT2D eigenvalue weighted by molar-refractivity contribution is -0.384. The van der Waals surface area contributed by atoms with Crippen molar-refractivity contribution in [2.24, 2.45) is 5.92 Å². The molecule has 0 saturated heterocycles. The molecule has 1 aliphatic carbocycles. The predicted octanol–water partition coefficient (Wildman–Crippen LogP) is 3.67. The van der Waals surface area contributed by atoms with Crippen LogP contribution < -0.4 is 10.9 Å². The third-order valence-electron chi connectivity index (χ3n) is 5.32. The fraction of sp³-hybridized carbons (Fsp3) is 0.350.